The van der Waals surface area contributed by atoms with Gasteiger partial charge in [-0.25, -0.2) is 9.50 Å². The number of allylic oxidation sites excluding steroid dienone is 1. The SMILES string of the molecule is C=CCc1c(-c2cnn(C(C)C)c2)nc2c(C#N)c[nH]n2c1=O. The zero-order chi connectivity index (χ0) is 16.6. The second-order valence-electron chi connectivity index (χ2n) is 5.50. The van der Waals surface area contributed by atoms with Gasteiger partial charge in [0.15, 0.2) is 5.65 Å². The van der Waals surface area contributed by atoms with Crippen LogP contribution in [0.2, 0.25) is 0 Å². The summed E-state index contributed by atoms with van der Waals surface area (Å²) in [6.07, 6.45) is 7.06. The van der Waals surface area contributed by atoms with Crippen molar-refractivity contribution < 1.29 is 0 Å². The third-order valence-electron chi connectivity index (χ3n) is 3.63. The molecule has 3 aromatic rings. The topological polar surface area (TPSA) is 91.8 Å². The average Bonchev–Trinajstić information content (AvgIpc) is 3.16. The molecule has 0 saturated heterocycles. The summed E-state index contributed by atoms with van der Waals surface area (Å²) in [6, 6.07) is 2.24. The summed E-state index contributed by atoms with van der Waals surface area (Å²) < 4.78 is 3.09. The van der Waals surface area contributed by atoms with Crippen LogP contribution in [-0.2, 0) is 6.42 Å². The van der Waals surface area contributed by atoms with Crippen molar-refractivity contribution >= 4 is 5.65 Å². The van der Waals surface area contributed by atoms with E-state index >= 15 is 0 Å². The van der Waals surface area contributed by atoms with Gasteiger partial charge in [0.1, 0.15) is 11.6 Å². The molecule has 0 radical (unpaired) electrons. The van der Waals surface area contributed by atoms with Crippen molar-refractivity contribution in [3.05, 3.63) is 52.7 Å². The Hall–Kier alpha value is -3.14. The molecule has 0 aromatic carbocycles. The Labute approximate surface area is 132 Å². The fourth-order valence-electron chi connectivity index (χ4n) is 2.44. The minimum atomic E-state index is -0.233. The molecule has 3 aromatic heterocycles. The van der Waals surface area contributed by atoms with Gasteiger partial charge in [-0.1, -0.05) is 6.08 Å². The van der Waals surface area contributed by atoms with Gasteiger partial charge in [-0.15, -0.1) is 6.58 Å². The van der Waals surface area contributed by atoms with E-state index in [1.165, 1.54) is 10.7 Å². The first-order valence-electron chi connectivity index (χ1n) is 7.25. The van der Waals surface area contributed by atoms with E-state index in [1.54, 1.807) is 17.0 Å². The molecule has 3 rings (SSSR count). The van der Waals surface area contributed by atoms with Gasteiger partial charge in [0, 0.05) is 29.6 Å². The van der Waals surface area contributed by atoms with E-state index in [-0.39, 0.29) is 11.6 Å². The van der Waals surface area contributed by atoms with Crippen LogP contribution in [-0.4, -0.2) is 24.4 Å². The Morgan fingerprint density at radius 1 is 1.52 bits per heavy atom. The molecule has 0 atom stereocenters. The number of H-pyrrole nitrogens is 1. The number of aromatic amines is 1. The lowest BCUT2D eigenvalue weighted by Gasteiger charge is -2.06. The molecule has 0 aliphatic heterocycles. The fourth-order valence-corrected chi connectivity index (χ4v) is 2.44. The lowest BCUT2D eigenvalue weighted by molar-refractivity contribution is 0.532. The normalized spacial score (nSPS) is 11.0. The smallest absolute Gasteiger partial charge is 0.276 e. The second-order valence-corrected chi connectivity index (χ2v) is 5.50. The molecular formula is C16H16N6O. The Kier molecular flexibility index (Phi) is 3.58. The van der Waals surface area contributed by atoms with Crippen molar-refractivity contribution in [3.8, 4) is 17.3 Å². The molecular weight excluding hydrogens is 292 g/mol. The minimum Gasteiger partial charge on any atom is -0.295 e. The molecule has 0 aliphatic carbocycles. The number of nitriles is 1. The second kappa shape index (κ2) is 5.57. The van der Waals surface area contributed by atoms with Crippen LogP contribution in [0.25, 0.3) is 16.9 Å². The van der Waals surface area contributed by atoms with Crippen LogP contribution in [0.5, 0.6) is 0 Å². The lowest BCUT2D eigenvalue weighted by atomic mass is 10.1. The molecule has 1 N–H and O–H groups in total. The van der Waals surface area contributed by atoms with Crippen molar-refractivity contribution in [2.24, 2.45) is 0 Å². The van der Waals surface area contributed by atoms with Crippen LogP contribution in [0.3, 0.4) is 0 Å². The zero-order valence-corrected chi connectivity index (χ0v) is 12.9. The summed E-state index contributed by atoms with van der Waals surface area (Å²) >= 11 is 0. The zero-order valence-electron chi connectivity index (χ0n) is 12.9. The van der Waals surface area contributed by atoms with Crippen molar-refractivity contribution in [1.29, 1.82) is 5.26 Å². The molecule has 116 valence electrons. The minimum absolute atomic E-state index is 0.207. The van der Waals surface area contributed by atoms with Gasteiger partial charge in [-0.3, -0.25) is 14.6 Å². The summed E-state index contributed by atoms with van der Waals surface area (Å²) in [6.45, 7) is 7.75. The van der Waals surface area contributed by atoms with Gasteiger partial charge in [0.2, 0.25) is 0 Å². The first-order valence-corrected chi connectivity index (χ1v) is 7.25. The van der Waals surface area contributed by atoms with E-state index in [1.807, 2.05) is 26.1 Å². The molecule has 7 heteroatoms. The van der Waals surface area contributed by atoms with E-state index in [4.69, 9.17) is 5.26 Å². The average molecular weight is 308 g/mol. The number of nitrogens with zero attached hydrogens (tertiary/aromatic N) is 5. The molecule has 0 unspecified atom stereocenters. The highest BCUT2D eigenvalue weighted by molar-refractivity contribution is 5.66. The number of fused-ring (bicyclic) bond motifs is 1. The van der Waals surface area contributed by atoms with Crippen molar-refractivity contribution in [2.75, 3.05) is 0 Å². The predicted molar refractivity (Wildman–Crippen MR) is 86.0 cm³/mol. The van der Waals surface area contributed by atoms with Crippen LogP contribution in [0.4, 0.5) is 0 Å². The van der Waals surface area contributed by atoms with E-state index < -0.39 is 0 Å². The summed E-state index contributed by atoms with van der Waals surface area (Å²) in [5, 5.41) is 16.2. The third kappa shape index (κ3) is 2.34. The summed E-state index contributed by atoms with van der Waals surface area (Å²) in [5.41, 5.74) is 2.22. The third-order valence-corrected chi connectivity index (χ3v) is 3.63. The Morgan fingerprint density at radius 2 is 2.30 bits per heavy atom. The highest BCUT2D eigenvalue weighted by Gasteiger charge is 2.18. The lowest BCUT2D eigenvalue weighted by Crippen LogP contribution is -2.21. The van der Waals surface area contributed by atoms with E-state index in [9.17, 15) is 4.79 Å². The van der Waals surface area contributed by atoms with Crippen LogP contribution in [0.1, 0.15) is 31.0 Å². The van der Waals surface area contributed by atoms with Crippen molar-refractivity contribution in [2.45, 2.75) is 26.3 Å². The van der Waals surface area contributed by atoms with E-state index in [0.717, 1.165) is 5.56 Å². The Balaban J connectivity index is 2.32. The molecule has 0 fully saturated rings. The maximum atomic E-state index is 12.7. The summed E-state index contributed by atoms with van der Waals surface area (Å²) in [5.74, 6) is 0. The molecule has 23 heavy (non-hydrogen) atoms. The number of rotatable bonds is 4. The van der Waals surface area contributed by atoms with E-state index in [0.29, 0.717) is 28.9 Å². The van der Waals surface area contributed by atoms with Crippen molar-refractivity contribution in [1.82, 2.24) is 24.4 Å². The van der Waals surface area contributed by atoms with Crippen LogP contribution in [0, 0.1) is 11.3 Å². The van der Waals surface area contributed by atoms with Crippen LogP contribution < -0.4 is 5.56 Å². The largest absolute Gasteiger partial charge is 0.295 e. The predicted octanol–water partition coefficient (Wildman–Crippen LogP) is 2.07. The molecule has 0 spiro atoms. The van der Waals surface area contributed by atoms with E-state index in [2.05, 4.69) is 21.8 Å². The number of hydrogen-bond donors (Lipinski definition) is 1. The van der Waals surface area contributed by atoms with Crippen LogP contribution >= 0.6 is 0 Å². The van der Waals surface area contributed by atoms with Gasteiger partial charge in [-0.2, -0.15) is 10.4 Å². The number of hydrogen-bond acceptors (Lipinski definition) is 4. The maximum absolute atomic E-state index is 12.7. The quantitative estimate of drug-likeness (QED) is 0.747. The van der Waals surface area contributed by atoms with Crippen LogP contribution in [0.15, 0.2) is 36.0 Å². The monoisotopic (exact) mass is 308 g/mol. The van der Waals surface area contributed by atoms with Crippen molar-refractivity contribution in [3.63, 3.8) is 0 Å². The maximum Gasteiger partial charge on any atom is 0.276 e. The molecule has 0 aliphatic rings. The molecule has 0 saturated carbocycles. The van der Waals surface area contributed by atoms with Gasteiger partial charge in [0.05, 0.1) is 11.9 Å². The molecule has 0 bridgehead atoms. The van der Waals surface area contributed by atoms with Gasteiger partial charge < -0.3 is 0 Å². The standard InChI is InChI=1S/C16H16N6O/c1-4-5-13-14(12-8-18-21(9-12)10(2)3)20-15-11(6-17)7-19-22(15)16(13)23/h4,7-10,19H,1,5H2,2-3H3. The molecule has 7 nitrogen and oxygen atoms in total. The first-order chi connectivity index (χ1) is 11.1. The number of aromatic nitrogens is 5. The molecule has 3 heterocycles. The van der Waals surface area contributed by atoms with Gasteiger partial charge in [0.25, 0.3) is 5.56 Å². The number of nitrogens with one attached hydrogen (secondary N) is 1. The summed E-state index contributed by atoms with van der Waals surface area (Å²) in [7, 11) is 0. The van der Waals surface area contributed by atoms with Gasteiger partial charge in [-0.05, 0) is 20.3 Å². The highest BCUT2D eigenvalue weighted by atomic mass is 16.1. The highest BCUT2D eigenvalue weighted by Crippen LogP contribution is 2.22. The van der Waals surface area contributed by atoms with Gasteiger partial charge >= 0.3 is 0 Å². The molecule has 0 amide bonds. The fraction of sp³-hybridized carbons (Fsp3) is 0.250. The summed E-state index contributed by atoms with van der Waals surface area (Å²) in [4.78, 5) is 17.2. The Bertz CT molecular complexity index is 982. The first kappa shape index (κ1) is 14.8. The Morgan fingerprint density at radius 3 is 2.91 bits per heavy atom.